The second kappa shape index (κ2) is 18.3. The van der Waals surface area contributed by atoms with E-state index >= 15 is 0 Å². The van der Waals surface area contributed by atoms with E-state index in [0.29, 0.717) is 36.5 Å². The highest BCUT2D eigenvalue weighted by Crippen LogP contribution is 2.58. The van der Waals surface area contributed by atoms with Gasteiger partial charge in [-0.2, -0.15) is 0 Å². The topological polar surface area (TPSA) is 113 Å². The Kier molecular flexibility index (Phi) is 13.1. The number of amides is 2. The van der Waals surface area contributed by atoms with E-state index in [2.05, 4.69) is 69.7 Å². The van der Waals surface area contributed by atoms with Crippen molar-refractivity contribution in [1.29, 1.82) is 0 Å². The van der Waals surface area contributed by atoms with Crippen LogP contribution in [0, 0.1) is 23.7 Å². The fourth-order valence-electron chi connectivity index (χ4n) is 13.2. The third kappa shape index (κ3) is 8.41. The van der Waals surface area contributed by atoms with Crippen LogP contribution in [0.15, 0.2) is 57.2 Å². The number of unbranched alkanes of at least 4 members (excludes halogenated alkanes) is 7. The molecule has 2 aromatic heterocycles. The Hall–Kier alpha value is -3.76. The minimum atomic E-state index is -0.325. The number of likely N-dealkylation sites (tertiary alicyclic amines) is 2. The molecular formula is C50H72N6O4. The summed E-state index contributed by atoms with van der Waals surface area (Å²) in [6, 6.07) is 7.36. The first-order valence-corrected chi connectivity index (χ1v) is 23.8. The largest absolute Gasteiger partial charge is 0.332 e. The summed E-state index contributed by atoms with van der Waals surface area (Å²) in [5, 5.41) is 0. The number of aromatic nitrogens is 2. The monoisotopic (exact) mass is 821 g/mol. The molecule has 0 saturated carbocycles. The van der Waals surface area contributed by atoms with Crippen LogP contribution in [0.25, 0.3) is 0 Å². The Morgan fingerprint density at radius 1 is 0.617 bits per heavy atom. The van der Waals surface area contributed by atoms with Gasteiger partial charge in [-0.25, -0.2) is 0 Å². The molecule has 0 radical (unpaired) electrons. The summed E-state index contributed by atoms with van der Waals surface area (Å²) in [5.41, 5.74) is 6.42. The van der Waals surface area contributed by atoms with Gasteiger partial charge in [-0.15, -0.1) is 0 Å². The van der Waals surface area contributed by atoms with Crippen LogP contribution in [0.3, 0.4) is 0 Å². The molecule has 4 heterocycles. The third-order valence-corrected chi connectivity index (χ3v) is 15.8. The molecular weight excluding hydrogens is 749 g/mol. The van der Waals surface area contributed by atoms with Gasteiger partial charge in [0.25, 0.3) is 0 Å². The van der Waals surface area contributed by atoms with Gasteiger partial charge in [0.2, 0.25) is 22.9 Å². The summed E-state index contributed by atoms with van der Waals surface area (Å²) in [6.07, 6.45) is 23.6. The van der Waals surface area contributed by atoms with E-state index < -0.39 is 0 Å². The lowest BCUT2D eigenvalue weighted by Gasteiger charge is -2.59. The smallest absolute Gasteiger partial charge is 0.248 e. The minimum absolute atomic E-state index is 0.0478. The number of hydrogen-bond acceptors (Lipinski definition) is 6. The van der Waals surface area contributed by atoms with Gasteiger partial charge in [0.15, 0.2) is 0 Å². The highest BCUT2D eigenvalue weighted by molar-refractivity contribution is 5.79. The number of fused-ring (bicyclic) bond motifs is 2. The van der Waals surface area contributed by atoms with Gasteiger partial charge in [-0.3, -0.25) is 19.2 Å². The number of carbonyl (C=O) groups excluding carboxylic acids is 2. The van der Waals surface area contributed by atoms with Gasteiger partial charge in [-0.05, 0) is 152 Å². The van der Waals surface area contributed by atoms with Crippen LogP contribution in [0.2, 0.25) is 0 Å². The van der Waals surface area contributed by atoms with Gasteiger partial charge < -0.3 is 29.6 Å². The van der Waals surface area contributed by atoms with Crippen molar-refractivity contribution in [2.24, 2.45) is 23.7 Å². The van der Waals surface area contributed by atoms with Crippen molar-refractivity contribution in [3.8, 4) is 0 Å². The maximum absolute atomic E-state index is 14.0. The van der Waals surface area contributed by atoms with Crippen LogP contribution in [-0.4, -0.2) is 94.7 Å². The highest BCUT2D eigenvalue weighted by atomic mass is 16.2. The number of H-pyrrole nitrogens is 2. The summed E-state index contributed by atoms with van der Waals surface area (Å²) in [5.74, 6) is 2.13. The van der Waals surface area contributed by atoms with Crippen molar-refractivity contribution >= 4 is 11.8 Å². The number of piperidine rings is 2. The molecule has 2 fully saturated rings. The number of aromatic amines is 2. The summed E-state index contributed by atoms with van der Waals surface area (Å²) < 4.78 is 0. The molecule has 6 atom stereocenters. The highest BCUT2D eigenvalue weighted by Gasteiger charge is 2.58. The molecule has 2 saturated heterocycles. The first-order valence-electron chi connectivity index (χ1n) is 23.8. The van der Waals surface area contributed by atoms with E-state index in [1.807, 2.05) is 12.1 Å². The standard InChI is InChI=1S/C50H72N6O4/c1-35-29-37-31-43-41(17-19-45(57)51-43)49(33-35)39(37)15-13-25-55(49)47(59)21-27-53(3)23-11-9-7-5-6-8-10-12-24-54(4)28-22-48(60)56-26-14-16-40-38-30-36(2)34-50(40,56)42-18-20-46(58)52-44(42)32-38/h17-20,29-30,37-40H,5-16,21-28,31-34H2,1-4H3,(H,51,57)(H,52,58)/t37-,38-,39-,40-,49+,50+/m1/s1. The second-order valence-electron chi connectivity index (χ2n) is 19.9. The van der Waals surface area contributed by atoms with Crippen molar-refractivity contribution in [3.05, 3.63) is 90.8 Å². The average molecular weight is 821 g/mol. The Labute approximate surface area is 358 Å². The van der Waals surface area contributed by atoms with E-state index in [4.69, 9.17) is 0 Å². The summed E-state index contributed by atoms with van der Waals surface area (Å²) >= 11 is 0. The van der Waals surface area contributed by atoms with E-state index in [0.717, 1.165) is 102 Å². The molecule has 10 heteroatoms. The van der Waals surface area contributed by atoms with E-state index in [1.54, 1.807) is 12.1 Å². The molecule has 0 spiro atoms. The fraction of sp³-hybridized carbons (Fsp3) is 0.680. The fourth-order valence-corrected chi connectivity index (χ4v) is 13.2. The number of rotatable bonds is 17. The molecule has 10 nitrogen and oxygen atoms in total. The molecule has 6 aliphatic rings. The zero-order valence-electron chi connectivity index (χ0n) is 37.2. The van der Waals surface area contributed by atoms with Gasteiger partial charge in [0, 0.05) is 62.5 Å². The normalized spacial score (nSPS) is 27.8. The number of pyridine rings is 2. The predicted molar refractivity (Wildman–Crippen MR) is 239 cm³/mol. The number of hydrogen-bond donors (Lipinski definition) is 2. The van der Waals surface area contributed by atoms with Crippen molar-refractivity contribution in [2.45, 2.75) is 141 Å². The molecule has 2 N–H and O–H groups in total. The number of nitrogens with zero attached hydrogens (tertiary/aromatic N) is 4. The third-order valence-electron chi connectivity index (χ3n) is 15.8. The first-order chi connectivity index (χ1) is 29.0. The molecule has 4 aliphatic carbocycles. The lowest BCUT2D eigenvalue weighted by molar-refractivity contribution is -0.149. The van der Waals surface area contributed by atoms with E-state index in [9.17, 15) is 19.2 Å². The van der Waals surface area contributed by atoms with Crippen molar-refractivity contribution in [1.82, 2.24) is 29.6 Å². The molecule has 2 amide bonds. The van der Waals surface area contributed by atoms with Crippen LogP contribution in [0.5, 0.6) is 0 Å². The van der Waals surface area contributed by atoms with E-state index in [-0.39, 0.29) is 34.0 Å². The Bertz CT molecular complexity index is 1920. The van der Waals surface area contributed by atoms with Crippen LogP contribution in [0.4, 0.5) is 0 Å². The summed E-state index contributed by atoms with van der Waals surface area (Å²) in [6.45, 7) is 9.64. The van der Waals surface area contributed by atoms with Crippen LogP contribution in [-0.2, 0) is 33.5 Å². The van der Waals surface area contributed by atoms with Gasteiger partial charge in [0.1, 0.15) is 0 Å². The van der Waals surface area contributed by atoms with Crippen LogP contribution in [0.1, 0.15) is 139 Å². The molecule has 8 rings (SSSR count). The summed E-state index contributed by atoms with van der Waals surface area (Å²) in [7, 11) is 4.32. The van der Waals surface area contributed by atoms with Crippen LogP contribution >= 0.6 is 0 Å². The SMILES string of the molecule is CC1=C[C@@H]2Cc3[nH]c(=O)ccc3[C@]3(C1)[C@@H]2CCCN3C(=O)CCN(C)CCCCCCCCCCN(C)CCC(=O)N1CCC[C@@H]2[C@@H]3C=C(C)C[C@@]21c1ccc(=O)[nH]c1C3. The molecule has 2 aliphatic heterocycles. The lowest BCUT2D eigenvalue weighted by Crippen LogP contribution is -2.62. The lowest BCUT2D eigenvalue weighted by atomic mass is 9.56. The number of carbonyl (C=O) groups is 2. The molecule has 0 unspecified atom stereocenters. The van der Waals surface area contributed by atoms with Crippen molar-refractivity contribution < 1.29 is 9.59 Å². The molecule has 326 valence electrons. The predicted octanol–water partition coefficient (Wildman–Crippen LogP) is 7.44. The second-order valence-corrected chi connectivity index (χ2v) is 19.9. The number of allylic oxidation sites excluding steroid dienone is 2. The van der Waals surface area contributed by atoms with Gasteiger partial charge >= 0.3 is 0 Å². The Morgan fingerprint density at radius 3 is 1.43 bits per heavy atom. The molecule has 4 bridgehead atoms. The zero-order valence-corrected chi connectivity index (χ0v) is 37.2. The molecule has 2 aromatic rings. The maximum atomic E-state index is 14.0. The number of nitrogens with one attached hydrogen (secondary N) is 2. The van der Waals surface area contributed by atoms with Gasteiger partial charge in [-0.1, -0.05) is 61.8 Å². The first kappa shape index (κ1) is 42.9. The maximum Gasteiger partial charge on any atom is 0.248 e. The van der Waals surface area contributed by atoms with Crippen molar-refractivity contribution in [3.63, 3.8) is 0 Å². The molecule has 0 aromatic carbocycles. The van der Waals surface area contributed by atoms with Gasteiger partial charge in [0.05, 0.1) is 11.1 Å². The van der Waals surface area contributed by atoms with E-state index in [1.165, 1.54) is 73.6 Å². The summed E-state index contributed by atoms with van der Waals surface area (Å²) in [4.78, 5) is 68.0. The Morgan fingerprint density at radius 2 is 1.02 bits per heavy atom. The Balaban J connectivity index is 0.702. The zero-order chi connectivity index (χ0) is 42.0. The minimum Gasteiger partial charge on any atom is -0.332 e. The quantitative estimate of drug-likeness (QED) is 0.127. The molecule has 60 heavy (non-hydrogen) atoms. The average Bonchev–Trinajstić information content (AvgIpc) is 3.21. The van der Waals surface area contributed by atoms with Crippen LogP contribution < -0.4 is 11.1 Å². The van der Waals surface area contributed by atoms with Crippen molar-refractivity contribution in [2.75, 3.05) is 53.4 Å².